The van der Waals surface area contributed by atoms with Crippen LogP contribution in [0.25, 0.3) is 0 Å². The van der Waals surface area contributed by atoms with Gasteiger partial charge < -0.3 is 4.74 Å². The van der Waals surface area contributed by atoms with Crippen LogP contribution in [0, 0.1) is 23.5 Å². The molecule has 2 fully saturated rings. The van der Waals surface area contributed by atoms with Crippen molar-refractivity contribution in [3.8, 4) is 5.75 Å². The maximum atomic E-state index is 14.2. The lowest BCUT2D eigenvalue weighted by molar-refractivity contribution is 0.0777. The zero-order valence-electron chi connectivity index (χ0n) is 17.5. The lowest BCUT2D eigenvalue weighted by atomic mass is 9.72. The van der Waals surface area contributed by atoms with E-state index in [1.54, 1.807) is 0 Å². The number of unbranched alkanes of at least 4 members (excludes halogenated alkanes) is 1. The molecule has 0 amide bonds. The fourth-order valence-corrected chi connectivity index (χ4v) is 9.03. The number of alkyl halides is 3. The van der Waals surface area contributed by atoms with Gasteiger partial charge in [0.25, 0.3) is 6.43 Å². The summed E-state index contributed by atoms with van der Waals surface area (Å²) in [5, 5.41) is 0. The Hall–Kier alpha value is -1.11. The van der Waals surface area contributed by atoms with Gasteiger partial charge in [-0.15, -0.1) is 0 Å². The molecule has 0 bridgehead atoms. The van der Waals surface area contributed by atoms with Gasteiger partial charge in [-0.1, -0.05) is 37.4 Å². The molecule has 1 saturated heterocycles. The third-order valence-electron chi connectivity index (χ3n) is 7.17. The van der Waals surface area contributed by atoms with Crippen LogP contribution in [0.15, 0.2) is 12.1 Å². The first-order valence-corrected chi connectivity index (χ1v) is 13.9. The van der Waals surface area contributed by atoms with Gasteiger partial charge in [0.05, 0.1) is 6.67 Å². The molecule has 0 N–H and O–H groups in total. The van der Waals surface area contributed by atoms with Gasteiger partial charge in [-0.05, 0) is 67.6 Å². The van der Waals surface area contributed by atoms with Crippen molar-refractivity contribution in [1.29, 1.82) is 0 Å². The number of hydrogen-bond acceptors (Lipinski definition) is 1. The average molecular weight is 449 g/mol. The largest absolute Gasteiger partial charge is 0.482 e. The molecule has 1 saturated carbocycles. The third kappa shape index (κ3) is 6.44. The molecule has 0 radical (unpaired) electrons. The lowest BCUT2D eigenvalue weighted by Gasteiger charge is -2.37. The summed E-state index contributed by atoms with van der Waals surface area (Å²) in [6, 6.07) is 6.56. The summed E-state index contributed by atoms with van der Waals surface area (Å²) in [4.78, 5) is 0. The van der Waals surface area contributed by atoms with Crippen molar-refractivity contribution in [3.63, 3.8) is 0 Å². The molecule has 1 aromatic rings. The first-order chi connectivity index (χ1) is 14.5. The van der Waals surface area contributed by atoms with E-state index < -0.39 is 39.2 Å². The van der Waals surface area contributed by atoms with Gasteiger partial charge in [0.15, 0.2) is 17.4 Å². The first-order valence-electron chi connectivity index (χ1n) is 11.4. The summed E-state index contributed by atoms with van der Waals surface area (Å²) in [6.07, 6.45) is 5.60. The zero-order valence-corrected chi connectivity index (χ0v) is 18.7. The first kappa shape index (κ1) is 23.5. The summed E-state index contributed by atoms with van der Waals surface area (Å²) < 4.78 is 69.8. The number of benzene rings is 1. The molecular weight excluding hydrogens is 415 g/mol. The van der Waals surface area contributed by atoms with Gasteiger partial charge in [0.2, 0.25) is 0 Å². The van der Waals surface area contributed by atoms with Crippen LogP contribution in [0.2, 0.25) is 18.1 Å². The molecule has 1 nitrogen and oxygen atoms in total. The van der Waals surface area contributed by atoms with Gasteiger partial charge in [-0.25, -0.2) is 17.6 Å². The van der Waals surface area contributed by atoms with Crippen molar-refractivity contribution in [2.75, 3.05) is 13.3 Å². The Morgan fingerprint density at radius 3 is 2.07 bits per heavy atom. The van der Waals surface area contributed by atoms with E-state index in [-0.39, 0.29) is 12.6 Å². The molecule has 3 rings (SSSR count). The maximum Gasteiger partial charge on any atom is 0.272 e. The van der Waals surface area contributed by atoms with Crippen LogP contribution in [-0.4, -0.2) is 28.5 Å². The Balaban J connectivity index is 1.48. The van der Waals surface area contributed by atoms with Gasteiger partial charge in [-0.3, -0.25) is 4.39 Å². The van der Waals surface area contributed by atoms with Gasteiger partial charge >= 0.3 is 0 Å². The molecule has 1 aliphatic carbocycles. The second kappa shape index (κ2) is 11.5. The van der Waals surface area contributed by atoms with Crippen molar-refractivity contribution in [2.24, 2.45) is 11.8 Å². The van der Waals surface area contributed by atoms with Crippen molar-refractivity contribution < 1.29 is 26.7 Å². The van der Waals surface area contributed by atoms with Gasteiger partial charge in [0, 0.05) is 8.80 Å². The highest BCUT2D eigenvalue weighted by atomic mass is 28.3. The molecule has 1 aromatic carbocycles. The van der Waals surface area contributed by atoms with Crippen LogP contribution >= 0.6 is 0 Å². The van der Waals surface area contributed by atoms with E-state index in [1.165, 1.54) is 43.1 Å². The Morgan fingerprint density at radius 1 is 0.900 bits per heavy atom. The van der Waals surface area contributed by atoms with E-state index >= 15 is 0 Å². The Kier molecular flexibility index (Phi) is 9.02. The molecule has 1 heterocycles. The van der Waals surface area contributed by atoms with E-state index in [2.05, 4.69) is 4.74 Å². The molecule has 0 atom stereocenters. The second-order valence-electron chi connectivity index (χ2n) is 9.09. The minimum absolute atomic E-state index is 0.112. The van der Waals surface area contributed by atoms with Crippen LogP contribution in [0.4, 0.5) is 22.0 Å². The number of hydrogen-bond donors (Lipinski definition) is 0. The van der Waals surface area contributed by atoms with E-state index in [9.17, 15) is 22.0 Å². The van der Waals surface area contributed by atoms with E-state index in [1.807, 2.05) is 0 Å². The highest BCUT2D eigenvalue weighted by Gasteiger charge is 2.32. The Labute approximate surface area is 178 Å². The van der Waals surface area contributed by atoms with Crippen LogP contribution in [0.1, 0.15) is 62.8 Å². The van der Waals surface area contributed by atoms with Gasteiger partial charge in [-0.2, -0.15) is 0 Å². The standard InChI is InChI=1S/C23H33F5OSi/c24-9-1-2-10-30-11-7-18(8-12-30)16-3-5-17(6-4-16)19-13-20(25)23(21(26)14-19)29-15-22(27)28/h13-14,16-18,22,30H,1-12,15H2. The summed E-state index contributed by atoms with van der Waals surface area (Å²) >= 11 is 0. The molecule has 0 unspecified atom stereocenters. The average Bonchev–Trinajstić information content (AvgIpc) is 2.74. The fourth-order valence-electron chi connectivity index (χ4n) is 5.50. The molecular formula is C23H33F5OSi. The van der Waals surface area contributed by atoms with E-state index in [4.69, 9.17) is 0 Å². The SMILES string of the molecule is FCCCC[SiH]1CCC(C2CCC(c3cc(F)c(OCC(F)F)c(F)c3)CC2)CC1. The Bertz CT molecular complexity index is 632. The van der Waals surface area contributed by atoms with E-state index in [0.29, 0.717) is 11.5 Å². The molecule has 1 aliphatic heterocycles. The summed E-state index contributed by atoms with van der Waals surface area (Å²) in [5.74, 6) is -0.923. The third-order valence-corrected chi connectivity index (χ3v) is 10.7. The summed E-state index contributed by atoms with van der Waals surface area (Å²) in [6.45, 7) is -1.20. The molecule has 7 heteroatoms. The predicted octanol–water partition coefficient (Wildman–Crippen LogP) is 7.27. The van der Waals surface area contributed by atoms with Crippen molar-refractivity contribution in [2.45, 2.75) is 81.8 Å². The normalized spacial score (nSPS) is 27.4. The quantitative estimate of drug-likeness (QED) is 0.219. The highest BCUT2D eigenvalue weighted by Crippen LogP contribution is 2.44. The molecule has 0 aromatic heterocycles. The van der Waals surface area contributed by atoms with Crippen LogP contribution in [0.3, 0.4) is 0 Å². The minimum Gasteiger partial charge on any atom is -0.482 e. The van der Waals surface area contributed by atoms with Gasteiger partial charge in [0.1, 0.15) is 6.61 Å². The fraction of sp³-hybridized carbons (Fsp3) is 0.739. The lowest BCUT2D eigenvalue weighted by Crippen LogP contribution is -2.28. The molecule has 170 valence electrons. The summed E-state index contributed by atoms with van der Waals surface area (Å²) in [7, 11) is -0.650. The smallest absolute Gasteiger partial charge is 0.272 e. The minimum atomic E-state index is -2.77. The van der Waals surface area contributed by atoms with Crippen molar-refractivity contribution in [1.82, 2.24) is 0 Å². The molecule has 2 aliphatic rings. The molecule has 0 spiro atoms. The van der Waals surface area contributed by atoms with Crippen LogP contribution in [0.5, 0.6) is 5.75 Å². The van der Waals surface area contributed by atoms with Crippen molar-refractivity contribution >= 4 is 8.80 Å². The van der Waals surface area contributed by atoms with Crippen molar-refractivity contribution in [3.05, 3.63) is 29.3 Å². The summed E-state index contributed by atoms with van der Waals surface area (Å²) in [5.41, 5.74) is 0.608. The van der Waals surface area contributed by atoms with E-state index in [0.717, 1.165) is 44.4 Å². The maximum absolute atomic E-state index is 14.2. The highest BCUT2D eigenvalue weighted by molar-refractivity contribution is 6.58. The van der Waals surface area contributed by atoms with Crippen LogP contribution in [-0.2, 0) is 0 Å². The Morgan fingerprint density at radius 2 is 1.50 bits per heavy atom. The zero-order chi connectivity index (χ0) is 21.5. The number of rotatable bonds is 9. The second-order valence-corrected chi connectivity index (χ2v) is 12.6. The predicted molar refractivity (Wildman–Crippen MR) is 112 cm³/mol. The number of halogens is 5. The topological polar surface area (TPSA) is 9.23 Å². The number of ether oxygens (including phenoxy) is 1. The van der Waals surface area contributed by atoms with Crippen LogP contribution < -0.4 is 4.74 Å². The molecule has 30 heavy (non-hydrogen) atoms. The monoisotopic (exact) mass is 448 g/mol.